The first-order valence-electron chi connectivity index (χ1n) is 5.30. The van der Waals surface area contributed by atoms with Crippen LogP contribution in [0.5, 0.6) is 0 Å². The lowest BCUT2D eigenvalue weighted by atomic mass is 10.3. The zero-order valence-electron chi connectivity index (χ0n) is 9.63. The molecule has 0 amide bonds. The van der Waals surface area contributed by atoms with Gasteiger partial charge >= 0.3 is 0 Å². The van der Waals surface area contributed by atoms with Crippen LogP contribution in [0.4, 0.5) is 5.69 Å². The Morgan fingerprint density at radius 3 is 2.94 bits per heavy atom. The van der Waals surface area contributed by atoms with Crippen molar-refractivity contribution >= 4 is 44.6 Å². The Labute approximate surface area is 118 Å². The van der Waals surface area contributed by atoms with Crippen molar-refractivity contribution in [2.24, 2.45) is 7.05 Å². The fraction of sp³-hybridized carbons (Fsp3) is 0.364. The van der Waals surface area contributed by atoms with Crippen molar-refractivity contribution in [1.29, 1.82) is 0 Å². The molecule has 92 valence electrons. The number of nitrogens with one attached hydrogen (secondary N) is 1. The Kier molecular flexibility index (Phi) is 4.12. The van der Waals surface area contributed by atoms with Gasteiger partial charge in [0.25, 0.3) is 0 Å². The molecule has 2 aromatic heterocycles. The van der Waals surface area contributed by atoms with Gasteiger partial charge in [-0.05, 0) is 28.4 Å². The smallest absolute Gasteiger partial charge is 0.107 e. The van der Waals surface area contributed by atoms with E-state index in [1.807, 2.05) is 24.0 Å². The molecule has 0 aromatic carbocycles. The molecule has 0 atom stereocenters. The summed E-state index contributed by atoms with van der Waals surface area (Å²) in [6, 6.07) is 2.04. The molecular formula is C11H13BrClN3S. The number of thiophene rings is 1. The van der Waals surface area contributed by atoms with Gasteiger partial charge in [0.1, 0.15) is 4.34 Å². The summed E-state index contributed by atoms with van der Waals surface area (Å²) in [4.78, 5) is 1.20. The van der Waals surface area contributed by atoms with Crippen LogP contribution >= 0.6 is 38.9 Å². The van der Waals surface area contributed by atoms with Crippen molar-refractivity contribution in [3.8, 4) is 0 Å². The van der Waals surface area contributed by atoms with Crippen molar-refractivity contribution in [3.05, 3.63) is 31.6 Å². The minimum atomic E-state index is 0.773. The van der Waals surface area contributed by atoms with Crippen LogP contribution in [0.25, 0.3) is 0 Å². The lowest BCUT2D eigenvalue weighted by Crippen LogP contribution is -1.98. The van der Waals surface area contributed by atoms with Gasteiger partial charge in [0, 0.05) is 29.1 Å². The highest BCUT2D eigenvalue weighted by Crippen LogP contribution is 2.32. The van der Waals surface area contributed by atoms with Crippen molar-refractivity contribution in [2.45, 2.75) is 19.9 Å². The molecule has 2 heterocycles. The maximum Gasteiger partial charge on any atom is 0.107 e. The fourth-order valence-electron chi connectivity index (χ4n) is 1.60. The molecule has 3 nitrogen and oxygen atoms in total. The standard InChI is InChI=1S/C11H13BrClN3S/c1-3-9-10(6-16(2)15-9)14-5-7-4-8(12)11(13)17-7/h4,6,14H,3,5H2,1-2H3. The maximum atomic E-state index is 6.00. The van der Waals surface area contributed by atoms with Crippen LogP contribution in [-0.2, 0) is 20.0 Å². The highest BCUT2D eigenvalue weighted by molar-refractivity contribution is 9.10. The SMILES string of the molecule is CCc1nn(C)cc1NCc1cc(Br)c(Cl)s1. The molecule has 0 aliphatic heterocycles. The average Bonchev–Trinajstić information content (AvgIpc) is 2.80. The summed E-state index contributed by atoms with van der Waals surface area (Å²) in [5.74, 6) is 0. The first-order chi connectivity index (χ1) is 8.10. The van der Waals surface area contributed by atoms with Crippen LogP contribution in [0.3, 0.4) is 0 Å². The topological polar surface area (TPSA) is 29.9 Å². The molecule has 0 unspecified atom stereocenters. The molecule has 1 N–H and O–H groups in total. The summed E-state index contributed by atoms with van der Waals surface area (Å²) in [5, 5.41) is 7.78. The predicted octanol–water partition coefficient (Wildman–Crippen LogP) is 4.07. The number of nitrogens with zero attached hydrogens (tertiary/aromatic N) is 2. The van der Waals surface area contributed by atoms with E-state index >= 15 is 0 Å². The largest absolute Gasteiger partial charge is 0.377 e. The Morgan fingerprint density at radius 1 is 1.59 bits per heavy atom. The summed E-state index contributed by atoms with van der Waals surface area (Å²) in [5.41, 5.74) is 2.19. The number of aryl methyl sites for hydroxylation is 2. The number of halogens is 2. The Bertz CT molecular complexity index is 501. The van der Waals surface area contributed by atoms with E-state index in [4.69, 9.17) is 11.6 Å². The molecule has 0 aliphatic rings. The second kappa shape index (κ2) is 5.42. The van der Waals surface area contributed by atoms with E-state index in [9.17, 15) is 0 Å². The van der Waals surface area contributed by atoms with E-state index in [0.29, 0.717) is 0 Å². The Hall–Kier alpha value is -0.520. The lowest BCUT2D eigenvalue weighted by Gasteiger charge is -2.02. The van der Waals surface area contributed by atoms with Crippen LogP contribution in [0.1, 0.15) is 17.5 Å². The minimum absolute atomic E-state index is 0.773. The van der Waals surface area contributed by atoms with Crippen LogP contribution in [0.15, 0.2) is 16.7 Å². The Morgan fingerprint density at radius 2 is 2.35 bits per heavy atom. The third kappa shape index (κ3) is 3.03. The summed E-state index contributed by atoms with van der Waals surface area (Å²) >= 11 is 11.0. The van der Waals surface area contributed by atoms with Gasteiger partial charge in [-0.2, -0.15) is 5.10 Å². The molecule has 0 saturated heterocycles. The number of anilines is 1. The summed E-state index contributed by atoms with van der Waals surface area (Å²) in [6.45, 7) is 2.88. The van der Waals surface area contributed by atoms with Gasteiger partial charge in [-0.15, -0.1) is 11.3 Å². The quantitative estimate of drug-likeness (QED) is 0.913. The van der Waals surface area contributed by atoms with E-state index in [2.05, 4.69) is 33.3 Å². The highest BCUT2D eigenvalue weighted by Gasteiger charge is 2.07. The molecule has 0 bridgehead atoms. The Balaban J connectivity index is 2.06. The van der Waals surface area contributed by atoms with Crippen molar-refractivity contribution in [2.75, 3.05) is 5.32 Å². The van der Waals surface area contributed by atoms with E-state index in [1.165, 1.54) is 4.88 Å². The molecule has 0 radical (unpaired) electrons. The van der Waals surface area contributed by atoms with Gasteiger partial charge in [0.15, 0.2) is 0 Å². The van der Waals surface area contributed by atoms with Gasteiger partial charge < -0.3 is 5.32 Å². The first kappa shape index (κ1) is 12.9. The van der Waals surface area contributed by atoms with Gasteiger partial charge in [-0.1, -0.05) is 18.5 Å². The zero-order valence-corrected chi connectivity index (χ0v) is 12.8. The normalized spacial score (nSPS) is 10.8. The first-order valence-corrected chi connectivity index (χ1v) is 7.29. The third-order valence-corrected chi connectivity index (χ3v) is 4.86. The lowest BCUT2D eigenvalue weighted by molar-refractivity contribution is 0.746. The molecule has 0 aliphatic carbocycles. The van der Waals surface area contributed by atoms with Gasteiger partial charge in [-0.3, -0.25) is 4.68 Å². The van der Waals surface area contributed by atoms with Gasteiger partial charge in [-0.25, -0.2) is 0 Å². The van der Waals surface area contributed by atoms with Crippen molar-refractivity contribution in [1.82, 2.24) is 9.78 Å². The van der Waals surface area contributed by atoms with Crippen LogP contribution in [-0.4, -0.2) is 9.78 Å². The molecule has 17 heavy (non-hydrogen) atoms. The van der Waals surface area contributed by atoms with Gasteiger partial charge in [0.2, 0.25) is 0 Å². The number of hydrogen-bond donors (Lipinski definition) is 1. The molecule has 2 aromatic rings. The van der Waals surface area contributed by atoms with Gasteiger partial charge in [0.05, 0.1) is 11.4 Å². The summed E-state index contributed by atoms with van der Waals surface area (Å²) < 4.78 is 3.59. The van der Waals surface area contributed by atoms with E-state index in [1.54, 1.807) is 11.3 Å². The molecule has 6 heteroatoms. The maximum absolute atomic E-state index is 6.00. The molecular weight excluding hydrogens is 322 g/mol. The van der Waals surface area contributed by atoms with Crippen LogP contribution < -0.4 is 5.32 Å². The number of aromatic nitrogens is 2. The van der Waals surface area contributed by atoms with Crippen molar-refractivity contribution in [3.63, 3.8) is 0 Å². The minimum Gasteiger partial charge on any atom is -0.377 e. The second-order valence-electron chi connectivity index (χ2n) is 3.70. The molecule has 0 fully saturated rings. The second-order valence-corrected chi connectivity index (χ2v) is 6.30. The molecule has 0 spiro atoms. The number of rotatable bonds is 4. The summed E-state index contributed by atoms with van der Waals surface area (Å²) in [7, 11) is 1.93. The van der Waals surface area contributed by atoms with Crippen LogP contribution in [0.2, 0.25) is 4.34 Å². The monoisotopic (exact) mass is 333 g/mol. The van der Waals surface area contributed by atoms with Crippen molar-refractivity contribution < 1.29 is 0 Å². The van der Waals surface area contributed by atoms with E-state index in [-0.39, 0.29) is 0 Å². The average molecular weight is 335 g/mol. The van der Waals surface area contributed by atoms with E-state index < -0.39 is 0 Å². The summed E-state index contributed by atoms with van der Waals surface area (Å²) in [6.07, 6.45) is 2.93. The molecule has 0 saturated carbocycles. The fourth-order valence-corrected chi connectivity index (χ4v) is 3.33. The van der Waals surface area contributed by atoms with Crippen LogP contribution in [0, 0.1) is 0 Å². The molecule has 2 rings (SSSR count). The zero-order chi connectivity index (χ0) is 12.4. The third-order valence-electron chi connectivity index (χ3n) is 2.39. The predicted molar refractivity (Wildman–Crippen MR) is 76.9 cm³/mol. The highest BCUT2D eigenvalue weighted by atomic mass is 79.9. The number of hydrogen-bond acceptors (Lipinski definition) is 3. The van der Waals surface area contributed by atoms with E-state index in [0.717, 1.165) is 33.2 Å².